The quantitative estimate of drug-likeness (QED) is 0.360. The number of nitrogens with two attached hydrogens (primary N) is 2. The Balaban J connectivity index is 0. The molecule has 0 fully saturated rings. The second-order valence-corrected chi connectivity index (χ2v) is 6.95. The fourth-order valence-corrected chi connectivity index (χ4v) is 2.60. The van der Waals surface area contributed by atoms with Crippen LogP contribution >= 0.6 is 0 Å². The highest BCUT2D eigenvalue weighted by atomic mass is 16.1. The molecule has 0 radical (unpaired) electrons. The topological polar surface area (TPSA) is 92.9 Å². The van der Waals surface area contributed by atoms with E-state index in [1.54, 1.807) is 6.92 Å². The SMILES string of the molecule is C=C/C(=C\C(C#N)=C(C)C)C(CCC)CCC.CC(=O)CCC/C(N)=C/N. The molecule has 0 aromatic rings. The molecule has 0 bridgehead atoms. The second-order valence-electron chi connectivity index (χ2n) is 6.95. The minimum absolute atomic E-state index is 0.199. The largest absolute Gasteiger partial charge is 0.403 e. The van der Waals surface area contributed by atoms with E-state index in [2.05, 4.69) is 26.5 Å². The van der Waals surface area contributed by atoms with Gasteiger partial charge in [0.05, 0.1) is 11.6 Å². The Bertz CT molecular complexity index is 567. The average molecular weight is 374 g/mol. The first-order valence-electron chi connectivity index (χ1n) is 9.84. The van der Waals surface area contributed by atoms with Crippen LogP contribution in [0.3, 0.4) is 0 Å². The molecule has 0 unspecified atom stereocenters. The summed E-state index contributed by atoms with van der Waals surface area (Å²) < 4.78 is 0. The molecule has 0 heterocycles. The summed E-state index contributed by atoms with van der Waals surface area (Å²) in [4.78, 5) is 10.4. The van der Waals surface area contributed by atoms with Crippen LogP contribution in [0.4, 0.5) is 0 Å². The molecular formula is C23H39N3O. The van der Waals surface area contributed by atoms with Gasteiger partial charge in [-0.1, -0.05) is 44.9 Å². The molecule has 0 saturated carbocycles. The monoisotopic (exact) mass is 373 g/mol. The number of carbonyl (C=O) groups is 1. The average Bonchev–Trinajstić information content (AvgIpc) is 2.62. The Morgan fingerprint density at radius 1 is 1.15 bits per heavy atom. The number of hydrogen-bond donors (Lipinski definition) is 2. The number of ketones is 1. The van der Waals surface area contributed by atoms with Crippen LogP contribution < -0.4 is 11.5 Å². The van der Waals surface area contributed by atoms with Gasteiger partial charge in [-0.25, -0.2) is 0 Å². The van der Waals surface area contributed by atoms with E-state index in [1.807, 2.05) is 26.0 Å². The summed E-state index contributed by atoms with van der Waals surface area (Å²) in [5.74, 6) is 0.745. The van der Waals surface area contributed by atoms with Crippen LogP contribution in [0.2, 0.25) is 0 Å². The predicted molar refractivity (Wildman–Crippen MR) is 117 cm³/mol. The molecule has 4 heteroatoms. The molecule has 0 aromatic heterocycles. The van der Waals surface area contributed by atoms with Crippen LogP contribution in [0.5, 0.6) is 0 Å². The van der Waals surface area contributed by atoms with E-state index in [0.717, 1.165) is 24.0 Å². The van der Waals surface area contributed by atoms with E-state index < -0.39 is 0 Å². The van der Waals surface area contributed by atoms with Crippen molar-refractivity contribution in [3.63, 3.8) is 0 Å². The van der Waals surface area contributed by atoms with E-state index in [-0.39, 0.29) is 5.78 Å². The Labute approximate surface area is 166 Å². The standard InChI is InChI=1S/C16H25N.C7H14N2O/c1-6-9-15(10-7-2)14(8-3)11-16(12-17)13(4)5;1-6(10)3-2-4-7(9)5-8/h8,11,15H,3,6-7,9-10H2,1-2,4-5H3;5H,2-4,8-9H2,1H3/b14-11+;7-5-. The number of nitriles is 1. The van der Waals surface area contributed by atoms with Gasteiger partial charge < -0.3 is 16.3 Å². The Kier molecular flexibility index (Phi) is 17.1. The molecule has 0 atom stereocenters. The third kappa shape index (κ3) is 14.6. The third-order valence-electron chi connectivity index (χ3n) is 4.16. The van der Waals surface area contributed by atoms with Crippen LogP contribution in [0.25, 0.3) is 0 Å². The van der Waals surface area contributed by atoms with Crippen molar-refractivity contribution in [3.8, 4) is 6.07 Å². The highest BCUT2D eigenvalue weighted by Gasteiger charge is 2.11. The summed E-state index contributed by atoms with van der Waals surface area (Å²) in [6.45, 7) is 13.8. The molecule has 27 heavy (non-hydrogen) atoms. The minimum Gasteiger partial charge on any atom is -0.403 e. The summed E-state index contributed by atoms with van der Waals surface area (Å²) in [5.41, 5.74) is 14.2. The Morgan fingerprint density at radius 2 is 1.70 bits per heavy atom. The van der Waals surface area contributed by atoms with Crippen molar-refractivity contribution in [2.75, 3.05) is 0 Å². The molecule has 4 nitrogen and oxygen atoms in total. The lowest BCUT2D eigenvalue weighted by atomic mass is 9.88. The summed E-state index contributed by atoms with van der Waals surface area (Å²) in [6.07, 6.45) is 12.1. The first kappa shape index (κ1) is 26.9. The zero-order valence-electron chi connectivity index (χ0n) is 18.0. The lowest BCUT2D eigenvalue weighted by Gasteiger charge is -2.16. The van der Waals surface area contributed by atoms with Gasteiger partial charge in [0.25, 0.3) is 0 Å². The normalized spacial score (nSPS) is 11.3. The van der Waals surface area contributed by atoms with Crippen molar-refractivity contribution in [2.45, 2.75) is 79.6 Å². The maximum Gasteiger partial charge on any atom is 0.129 e. The van der Waals surface area contributed by atoms with E-state index in [4.69, 9.17) is 16.7 Å². The summed E-state index contributed by atoms with van der Waals surface area (Å²) in [6, 6.07) is 2.26. The fraction of sp³-hybridized carbons (Fsp3) is 0.565. The van der Waals surface area contributed by atoms with Gasteiger partial charge in [-0.05, 0) is 64.0 Å². The van der Waals surface area contributed by atoms with Gasteiger partial charge in [-0.2, -0.15) is 5.26 Å². The molecule has 0 aliphatic heterocycles. The zero-order chi connectivity index (χ0) is 21.2. The number of nitrogens with zero attached hydrogens (tertiary/aromatic N) is 1. The van der Waals surface area contributed by atoms with E-state index in [0.29, 0.717) is 18.0 Å². The minimum atomic E-state index is 0.199. The first-order valence-corrected chi connectivity index (χ1v) is 9.84. The summed E-state index contributed by atoms with van der Waals surface area (Å²) in [5, 5.41) is 9.10. The smallest absolute Gasteiger partial charge is 0.129 e. The van der Waals surface area contributed by atoms with Gasteiger partial charge in [-0.15, -0.1) is 0 Å². The molecule has 0 aliphatic rings. The number of hydrogen-bond acceptors (Lipinski definition) is 4. The highest BCUT2D eigenvalue weighted by Crippen LogP contribution is 2.25. The van der Waals surface area contributed by atoms with Crippen LogP contribution in [0.15, 0.2) is 47.3 Å². The Hall–Kier alpha value is -2.28. The fourth-order valence-electron chi connectivity index (χ4n) is 2.60. The van der Waals surface area contributed by atoms with Crippen LogP contribution in [0, 0.1) is 17.2 Å². The van der Waals surface area contributed by atoms with Crippen molar-refractivity contribution in [1.82, 2.24) is 0 Å². The lowest BCUT2D eigenvalue weighted by molar-refractivity contribution is -0.117. The van der Waals surface area contributed by atoms with Crippen molar-refractivity contribution >= 4 is 5.78 Å². The van der Waals surface area contributed by atoms with E-state index in [9.17, 15) is 4.79 Å². The van der Waals surface area contributed by atoms with Gasteiger partial charge in [0.2, 0.25) is 0 Å². The molecule has 0 amide bonds. The van der Waals surface area contributed by atoms with Crippen LogP contribution in [0.1, 0.15) is 79.6 Å². The van der Waals surface area contributed by atoms with Crippen molar-refractivity contribution in [2.24, 2.45) is 17.4 Å². The molecule has 0 aromatic carbocycles. The summed E-state index contributed by atoms with van der Waals surface area (Å²) >= 11 is 0. The first-order chi connectivity index (χ1) is 12.8. The molecule has 0 saturated heterocycles. The molecule has 4 N–H and O–H groups in total. The van der Waals surface area contributed by atoms with Gasteiger partial charge in [0.1, 0.15) is 5.78 Å². The molecule has 152 valence electrons. The second kappa shape index (κ2) is 17.1. The Morgan fingerprint density at radius 3 is 2.04 bits per heavy atom. The zero-order valence-corrected chi connectivity index (χ0v) is 18.0. The van der Waals surface area contributed by atoms with Gasteiger partial charge in [0.15, 0.2) is 0 Å². The maximum atomic E-state index is 10.4. The van der Waals surface area contributed by atoms with E-state index in [1.165, 1.54) is 37.5 Å². The highest BCUT2D eigenvalue weighted by molar-refractivity contribution is 5.75. The van der Waals surface area contributed by atoms with Gasteiger partial charge >= 0.3 is 0 Å². The van der Waals surface area contributed by atoms with E-state index >= 15 is 0 Å². The number of Topliss-reactive ketones (excluding diaryl/α,β-unsaturated/α-hetero) is 1. The number of rotatable bonds is 11. The van der Waals surface area contributed by atoms with Crippen LogP contribution in [-0.4, -0.2) is 5.78 Å². The molecular weight excluding hydrogens is 334 g/mol. The van der Waals surface area contributed by atoms with Gasteiger partial charge in [-0.3, -0.25) is 0 Å². The molecule has 0 aliphatic carbocycles. The van der Waals surface area contributed by atoms with Crippen molar-refractivity contribution < 1.29 is 4.79 Å². The third-order valence-corrected chi connectivity index (χ3v) is 4.16. The lowest BCUT2D eigenvalue weighted by Crippen LogP contribution is -2.03. The van der Waals surface area contributed by atoms with Crippen LogP contribution in [-0.2, 0) is 4.79 Å². The maximum absolute atomic E-state index is 10.4. The molecule has 0 spiro atoms. The summed E-state index contributed by atoms with van der Waals surface area (Å²) in [7, 11) is 0. The number of carbonyl (C=O) groups excluding carboxylic acids is 1. The van der Waals surface area contributed by atoms with Crippen molar-refractivity contribution in [3.05, 3.63) is 47.3 Å². The predicted octanol–water partition coefficient (Wildman–Crippen LogP) is 5.68. The molecule has 0 rings (SSSR count). The number of allylic oxidation sites excluding steroid dienone is 6. The van der Waals surface area contributed by atoms with Gasteiger partial charge in [0, 0.05) is 18.3 Å². The van der Waals surface area contributed by atoms with Crippen molar-refractivity contribution in [1.29, 1.82) is 5.26 Å².